The highest BCUT2D eigenvalue weighted by Gasteiger charge is 2.19. The van der Waals surface area contributed by atoms with Gasteiger partial charge in [-0.15, -0.1) is 0 Å². The highest BCUT2D eigenvalue weighted by atomic mass is 16.6. The summed E-state index contributed by atoms with van der Waals surface area (Å²) >= 11 is 0. The molecule has 0 aliphatic heterocycles. The van der Waals surface area contributed by atoms with Gasteiger partial charge in [0.15, 0.2) is 6.10 Å². The van der Waals surface area contributed by atoms with Gasteiger partial charge in [0.25, 0.3) is 0 Å². The second-order valence-electron chi connectivity index (χ2n) is 2.71. The van der Waals surface area contributed by atoms with Gasteiger partial charge in [0.05, 0.1) is 0 Å². The lowest BCUT2D eigenvalue weighted by atomic mass is 10.0. The quantitative estimate of drug-likeness (QED) is 0.445. The molecule has 0 amide bonds. The maximum Gasteiger partial charge on any atom is 0.332 e. The number of hydrogen-bond acceptors (Lipinski definition) is 4. The van der Waals surface area contributed by atoms with Crippen molar-refractivity contribution >= 4 is 5.97 Å². The van der Waals surface area contributed by atoms with Crippen LogP contribution in [-0.2, 0) is 4.79 Å². The molecule has 0 spiro atoms. The fraction of sp³-hybridized carbons (Fsp3) is 0.833. The molecule has 6 heteroatoms. The number of rotatable bonds is 5. The first-order valence-electron chi connectivity index (χ1n) is 3.46. The highest BCUT2D eigenvalue weighted by Crippen LogP contribution is 2.05. The zero-order valence-electron chi connectivity index (χ0n) is 6.64. The maximum absolute atomic E-state index is 10.1. The van der Waals surface area contributed by atoms with Crippen LogP contribution in [0.25, 0.3) is 0 Å². The number of nitro groups is 1. The molecule has 12 heavy (non-hydrogen) atoms. The molecule has 0 aliphatic rings. The number of carboxylic acid groups (broad SMARTS) is 1. The molecule has 0 aromatic rings. The van der Waals surface area contributed by atoms with Gasteiger partial charge in [-0.3, -0.25) is 10.1 Å². The van der Waals surface area contributed by atoms with E-state index in [1.165, 1.54) is 6.92 Å². The van der Waals surface area contributed by atoms with Crippen molar-refractivity contribution in [3.63, 3.8) is 0 Å². The van der Waals surface area contributed by atoms with E-state index in [1.807, 2.05) is 0 Å². The largest absolute Gasteiger partial charge is 0.479 e. The van der Waals surface area contributed by atoms with E-state index in [0.29, 0.717) is 0 Å². The molecule has 70 valence electrons. The number of hydrogen-bond donors (Lipinski definition) is 2. The van der Waals surface area contributed by atoms with Crippen LogP contribution in [0.5, 0.6) is 0 Å². The first kappa shape index (κ1) is 10.8. The molecule has 0 heterocycles. The zero-order chi connectivity index (χ0) is 9.72. The van der Waals surface area contributed by atoms with Crippen LogP contribution >= 0.6 is 0 Å². The third-order valence-corrected chi connectivity index (χ3v) is 1.37. The van der Waals surface area contributed by atoms with Crippen molar-refractivity contribution in [1.82, 2.24) is 0 Å². The summed E-state index contributed by atoms with van der Waals surface area (Å²) in [4.78, 5) is 19.5. The van der Waals surface area contributed by atoms with Crippen molar-refractivity contribution in [2.75, 3.05) is 6.54 Å². The van der Waals surface area contributed by atoms with Crippen molar-refractivity contribution in [3.05, 3.63) is 10.1 Å². The van der Waals surface area contributed by atoms with Crippen molar-refractivity contribution in [2.24, 2.45) is 5.92 Å². The molecule has 6 nitrogen and oxygen atoms in total. The van der Waals surface area contributed by atoms with Crippen molar-refractivity contribution in [2.45, 2.75) is 19.4 Å². The summed E-state index contributed by atoms with van der Waals surface area (Å²) in [6.07, 6.45) is -1.59. The van der Waals surface area contributed by atoms with Gasteiger partial charge in [0.1, 0.15) is 0 Å². The van der Waals surface area contributed by atoms with Crippen molar-refractivity contribution < 1.29 is 19.9 Å². The van der Waals surface area contributed by atoms with Gasteiger partial charge in [-0.25, -0.2) is 4.79 Å². The van der Waals surface area contributed by atoms with Crippen molar-refractivity contribution in [1.29, 1.82) is 0 Å². The summed E-state index contributed by atoms with van der Waals surface area (Å²) < 4.78 is 0. The predicted molar refractivity (Wildman–Crippen MR) is 39.3 cm³/mol. The monoisotopic (exact) mass is 177 g/mol. The van der Waals surface area contributed by atoms with Gasteiger partial charge in [-0.05, 0) is 6.42 Å². The SMILES string of the molecule is C[C@@H](C[C@H](O)C(=O)O)C[N+](=O)[O-]. The van der Waals surface area contributed by atoms with Crippen LogP contribution in [0.2, 0.25) is 0 Å². The van der Waals surface area contributed by atoms with Gasteiger partial charge in [0.2, 0.25) is 6.54 Å². The molecule has 0 rings (SSSR count). The number of carboxylic acids is 1. The number of aliphatic hydroxyl groups excluding tert-OH is 1. The van der Waals surface area contributed by atoms with Gasteiger partial charge < -0.3 is 10.2 Å². The first-order valence-corrected chi connectivity index (χ1v) is 3.46. The Labute approximate surface area is 69.0 Å². The number of nitrogens with zero attached hydrogens (tertiary/aromatic N) is 1. The summed E-state index contributed by atoms with van der Waals surface area (Å²) in [6.45, 7) is 1.21. The third kappa shape index (κ3) is 4.62. The van der Waals surface area contributed by atoms with Crippen LogP contribution in [0.4, 0.5) is 0 Å². The van der Waals surface area contributed by atoms with Crippen LogP contribution in [0, 0.1) is 16.0 Å². The molecule has 0 aromatic heterocycles. The smallest absolute Gasteiger partial charge is 0.332 e. The summed E-state index contributed by atoms with van der Waals surface area (Å²) in [7, 11) is 0. The van der Waals surface area contributed by atoms with Gasteiger partial charge >= 0.3 is 5.97 Å². The van der Waals surface area contributed by atoms with E-state index >= 15 is 0 Å². The third-order valence-electron chi connectivity index (χ3n) is 1.37. The van der Waals surface area contributed by atoms with E-state index in [0.717, 1.165) is 0 Å². The fourth-order valence-corrected chi connectivity index (χ4v) is 0.811. The Morgan fingerprint density at radius 3 is 2.50 bits per heavy atom. The summed E-state index contributed by atoms with van der Waals surface area (Å²) in [5.74, 6) is -1.77. The van der Waals surface area contributed by atoms with E-state index < -0.39 is 22.9 Å². The zero-order valence-corrected chi connectivity index (χ0v) is 6.64. The Morgan fingerprint density at radius 2 is 2.17 bits per heavy atom. The van der Waals surface area contributed by atoms with Crippen LogP contribution in [0.15, 0.2) is 0 Å². The Balaban J connectivity index is 3.76. The predicted octanol–water partition coefficient (Wildman–Crippen LogP) is -0.265. The second kappa shape index (κ2) is 4.66. The van der Waals surface area contributed by atoms with Crippen molar-refractivity contribution in [3.8, 4) is 0 Å². The van der Waals surface area contributed by atoms with Crippen LogP contribution in [0.3, 0.4) is 0 Å². The summed E-state index contributed by atoms with van der Waals surface area (Å²) in [5.41, 5.74) is 0. The topological polar surface area (TPSA) is 101 Å². The number of aliphatic carboxylic acids is 1. The summed E-state index contributed by atoms with van der Waals surface area (Å²) in [6, 6.07) is 0. The first-order chi connectivity index (χ1) is 5.43. The van der Waals surface area contributed by atoms with E-state index in [4.69, 9.17) is 10.2 Å². The lowest BCUT2D eigenvalue weighted by Crippen LogP contribution is -2.24. The normalized spacial score (nSPS) is 15.2. The van der Waals surface area contributed by atoms with Crippen LogP contribution in [-0.4, -0.2) is 33.8 Å². The van der Waals surface area contributed by atoms with E-state index in [-0.39, 0.29) is 13.0 Å². The van der Waals surface area contributed by atoms with Gasteiger partial charge in [-0.1, -0.05) is 6.92 Å². The lowest BCUT2D eigenvalue weighted by Gasteiger charge is -2.08. The van der Waals surface area contributed by atoms with Gasteiger partial charge in [-0.2, -0.15) is 0 Å². The molecule has 0 radical (unpaired) electrons. The average Bonchev–Trinajstić information content (AvgIpc) is 1.84. The van der Waals surface area contributed by atoms with E-state index in [1.54, 1.807) is 0 Å². The standard InChI is InChI=1S/C6H11NO5/c1-4(3-7(11)12)2-5(8)6(9)10/h4-5,8H,2-3H2,1H3,(H,9,10)/t4-,5-/m0/s1. The minimum Gasteiger partial charge on any atom is -0.479 e. The molecule has 0 aromatic carbocycles. The Bertz CT molecular complexity index is 181. The molecule has 0 fully saturated rings. The second-order valence-corrected chi connectivity index (χ2v) is 2.71. The molecular weight excluding hydrogens is 166 g/mol. The molecular formula is C6H11NO5. The van der Waals surface area contributed by atoms with Crippen LogP contribution < -0.4 is 0 Å². The molecule has 0 saturated heterocycles. The molecule has 2 N–H and O–H groups in total. The molecule has 0 unspecified atom stereocenters. The molecule has 0 bridgehead atoms. The van der Waals surface area contributed by atoms with Crippen LogP contribution in [0.1, 0.15) is 13.3 Å². The number of carbonyl (C=O) groups is 1. The highest BCUT2D eigenvalue weighted by molar-refractivity contribution is 5.71. The Kier molecular flexibility index (Phi) is 4.20. The minimum atomic E-state index is -1.50. The summed E-state index contributed by atoms with van der Waals surface area (Å²) in [5, 5.41) is 27.0. The average molecular weight is 177 g/mol. The number of aliphatic hydroxyl groups is 1. The maximum atomic E-state index is 10.1. The fourth-order valence-electron chi connectivity index (χ4n) is 0.811. The minimum absolute atomic E-state index is 0.0870. The van der Waals surface area contributed by atoms with Gasteiger partial charge in [0, 0.05) is 10.8 Å². The van der Waals surface area contributed by atoms with E-state index in [9.17, 15) is 14.9 Å². The Hall–Kier alpha value is -1.17. The molecule has 2 atom stereocenters. The molecule has 0 saturated carbocycles. The van der Waals surface area contributed by atoms with E-state index in [2.05, 4.69) is 0 Å². The Morgan fingerprint density at radius 1 is 1.67 bits per heavy atom. The lowest BCUT2D eigenvalue weighted by molar-refractivity contribution is -0.487. The molecule has 0 aliphatic carbocycles.